The molecule has 0 bridgehead atoms. The lowest BCUT2D eigenvalue weighted by molar-refractivity contribution is -0.147. The van der Waals surface area contributed by atoms with Crippen molar-refractivity contribution in [1.29, 1.82) is 0 Å². The summed E-state index contributed by atoms with van der Waals surface area (Å²) in [6.07, 6.45) is -11.1. The number of hydrogen-bond acceptors (Lipinski definition) is 3. The molecule has 220 valence electrons. The number of hydrogen-bond donors (Lipinski definition) is 2. The van der Waals surface area contributed by atoms with Crippen LogP contribution in [0.4, 0.5) is 35.1 Å². The maximum atomic E-state index is 14.0. The minimum atomic E-state index is -5.36. The molecule has 0 saturated carbocycles. The normalized spacial score (nSPS) is 12.8. The average molecular weight is 598 g/mol. The van der Waals surface area contributed by atoms with Gasteiger partial charge in [0.25, 0.3) is 11.5 Å². The Morgan fingerprint density at radius 3 is 2.02 bits per heavy atom. The number of nitrogens with zero attached hydrogens (tertiary/aromatic N) is 1. The zero-order chi connectivity index (χ0) is 31.1. The second kappa shape index (κ2) is 10.9. The minimum absolute atomic E-state index is 0.0343. The molecular weight excluding hydrogens is 580 g/mol. The number of carbonyl (C=O) groups excluding carboxylic acids is 1. The molecule has 6 nitrogen and oxygen atoms in total. The third-order valence-electron chi connectivity index (χ3n) is 6.53. The molecule has 0 fully saturated rings. The van der Waals surface area contributed by atoms with E-state index in [9.17, 15) is 54.6 Å². The predicted molar refractivity (Wildman–Crippen MR) is 134 cm³/mol. The number of aromatic nitrogens is 1. The van der Waals surface area contributed by atoms with Crippen molar-refractivity contribution in [3.63, 3.8) is 0 Å². The Hall–Kier alpha value is -4.75. The van der Waals surface area contributed by atoms with Crippen LogP contribution in [0.3, 0.4) is 0 Å². The number of nitrogens with one attached hydrogen (secondary N) is 1. The van der Waals surface area contributed by atoms with E-state index >= 15 is 0 Å². The van der Waals surface area contributed by atoms with Crippen LogP contribution in [-0.2, 0) is 30.6 Å². The summed E-state index contributed by atoms with van der Waals surface area (Å²) >= 11 is 0. The molecule has 0 aliphatic rings. The molecule has 4 aromatic rings. The first kappa shape index (κ1) is 30.2. The number of pyridine rings is 1. The van der Waals surface area contributed by atoms with E-state index < -0.39 is 76.3 Å². The average Bonchev–Trinajstić information content (AvgIpc) is 2.88. The number of carboxylic acid groups (broad SMARTS) is 1. The number of halogens is 8. The van der Waals surface area contributed by atoms with Gasteiger partial charge in [-0.3, -0.25) is 9.59 Å². The summed E-state index contributed by atoms with van der Waals surface area (Å²) in [6.45, 7) is 0. The Morgan fingerprint density at radius 2 is 1.45 bits per heavy atom. The van der Waals surface area contributed by atoms with Crippen LogP contribution in [-0.4, -0.2) is 27.6 Å². The van der Waals surface area contributed by atoms with Crippen LogP contribution in [0.2, 0.25) is 0 Å². The van der Waals surface area contributed by atoms with Crippen LogP contribution < -0.4 is 10.9 Å². The second-order valence-corrected chi connectivity index (χ2v) is 9.16. The fourth-order valence-corrected chi connectivity index (χ4v) is 4.59. The number of rotatable bonds is 6. The molecular formula is C28H18F8N2O4. The zero-order valence-corrected chi connectivity index (χ0v) is 21.2. The zero-order valence-electron chi connectivity index (χ0n) is 21.2. The number of carboxylic acids is 1. The van der Waals surface area contributed by atoms with Crippen molar-refractivity contribution in [2.24, 2.45) is 7.05 Å². The molecule has 0 aliphatic carbocycles. The molecule has 0 unspecified atom stereocenters. The van der Waals surface area contributed by atoms with E-state index in [1.165, 1.54) is 30.3 Å². The number of benzene rings is 3. The van der Waals surface area contributed by atoms with Crippen molar-refractivity contribution in [1.82, 2.24) is 9.88 Å². The maximum Gasteiger partial charge on any atom is 0.431 e. The molecule has 1 aromatic heterocycles. The fourth-order valence-electron chi connectivity index (χ4n) is 4.59. The molecule has 0 radical (unpaired) electrons. The van der Waals surface area contributed by atoms with E-state index in [4.69, 9.17) is 0 Å². The third kappa shape index (κ3) is 5.69. The lowest BCUT2D eigenvalue weighted by Gasteiger charge is -2.20. The Morgan fingerprint density at radius 1 is 0.881 bits per heavy atom. The van der Waals surface area contributed by atoms with Gasteiger partial charge in [-0.25, -0.2) is 13.6 Å². The largest absolute Gasteiger partial charge is 0.480 e. The molecule has 4 rings (SSSR count). The van der Waals surface area contributed by atoms with Gasteiger partial charge in [-0.1, -0.05) is 42.5 Å². The lowest BCUT2D eigenvalue weighted by Crippen LogP contribution is -2.43. The Labute approximate surface area is 230 Å². The van der Waals surface area contributed by atoms with Crippen molar-refractivity contribution in [2.45, 2.75) is 24.8 Å². The van der Waals surface area contributed by atoms with Crippen molar-refractivity contribution in [2.75, 3.05) is 0 Å². The summed E-state index contributed by atoms with van der Waals surface area (Å²) in [4.78, 5) is 37.5. The van der Waals surface area contributed by atoms with Gasteiger partial charge in [-0.15, -0.1) is 0 Å². The second-order valence-electron chi connectivity index (χ2n) is 9.16. The molecule has 0 aliphatic heterocycles. The molecule has 0 spiro atoms. The Bertz CT molecular complexity index is 1760. The molecule has 0 saturated heterocycles. The first-order valence-electron chi connectivity index (χ1n) is 11.9. The third-order valence-corrected chi connectivity index (χ3v) is 6.53. The molecule has 1 amide bonds. The molecule has 14 heteroatoms. The SMILES string of the molecule is Cn1c(C(F)(F)F)cc(C(F)(F)F)c(-c2cccc3c(C[C@H](NC(=O)c4c(F)cccc4F)C(=O)O)cccc23)c1=O. The number of alkyl halides is 6. The highest BCUT2D eigenvalue weighted by Crippen LogP contribution is 2.41. The van der Waals surface area contributed by atoms with E-state index in [-0.39, 0.29) is 32.5 Å². The molecule has 1 heterocycles. The van der Waals surface area contributed by atoms with Gasteiger partial charge >= 0.3 is 18.3 Å². The van der Waals surface area contributed by atoms with Crippen LogP contribution in [0.15, 0.2) is 65.5 Å². The summed E-state index contributed by atoms with van der Waals surface area (Å²) in [5.41, 5.74) is -7.53. The molecule has 3 aromatic carbocycles. The Kier molecular flexibility index (Phi) is 7.85. The lowest BCUT2D eigenvalue weighted by atomic mass is 9.91. The van der Waals surface area contributed by atoms with Gasteiger partial charge in [0.2, 0.25) is 0 Å². The van der Waals surface area contributed by atoms with Crippen molar-refractivity contribution >= 4 is 22.6 Å². The number of aliphatic carboxylic acids is 1. The van der Waals surface area contributed by atoms with Gasteiger partial charge in [0.15, 0.2) is 0 Å². The number of carbonyl (C=O) groups is 2. The summed E-state index contributed by atoms with van der Waals surface area (Å²) in [6, 6.07) is 8.31. The van der Waals surface area contributed by atoms with E-state index in [2.05, 4.69) is 0 Å². The quantitative estimate of drug-likeness (QED) is 0.269. The van der Waals surface area contributed by atoms with Gasteiger partial charge < -0.3 is 15.0 Å². The Balaban J connectivity index is 1.85. The van der Waals surface area contributed by atoms with E-state index in [1.807, 2.05) is 5.32 Å². The minimum Gasteiger partial charge on any atom is -0.480 e. The monoisotopic (exact) mass is 598 g/mol. The van der Waals surface area contributed by atoms with Gasteiger partial charge in [-0.05, 0) is 40.1 Å². The van der Waals surface area contributed by atoms with Crippen LogP contribution in [0.25, 0.3) is 21.9 Å². The van der Waals surface area contributed by atoms with Gasteiger partial charge in [0.05, 0.1) is 11.1 Å². The van der Waals surface area contributed by atoms with Crippen molar-refractivity contribution < 1.29 is 49.8 Å². The standard InChI is InChI=1S/C28H18F8N2O4/c1-38-21(28(34,35)36)12-17(27(31,32)33)22(25(38)40)16-8-3-6-14-13(5-2-7-15(14)16)11-20(26(41)42)37-24(39)23-18(29)9-4-10-19(23)30/h2-10,12,20H,11H2,1H3,(H,37,39)(H,41,42)/t20-/m0/s1. The fraction of sp³-hybridized carbons (Fsp3) is 0.179. The highest BCUT2D eigenvalue weighted by molar-refractivity contribution is 6.00. The molecule has 42 heavy (non-hydrogen) atoms. The highest BCUT2D eigenvalue weighted by Gasteiger charge is 2.42. The smallest absolute Gasteiger partial charge is 0.431 e. The summed E-state index contributed by atoms with van der Waals surface area (Å²) in [5.74, 6) is -5.47. The van der Waals surface area contributed by atoms with Gasteiger partial charge in [0.1, 0.15) is 28.9 Å². The first-order valence-corrected chi connectivity index (χ1v) is 11.9. The summed E-state index contributed by atoms with van der Waals surface area (Å²) < 4.78 is 110. The summed E-state index contributed by atoms with van der Waals surface area (Å²) in [5, 5.41) is 11.8. The molecule has 2 N–H and O–H groups in total. The van der Waals surface area contributed by atoms with Crippen LogP contribution in [0.5, 0.6) is 0 Å². The van der Waals surface area contributed by atoms with Gasteiger partial charge in [0, 0.05) is 13.5 Å². The maximum absolute atomic E-state index is 14.0. The van der Waals surface area contributed by atoms with Crippen molar-refractivity contribution in [3.8, 4) is 11.1 Å². The van der Waals surface area contributed by atoms with Crippen LogP contribution >= 0.6 is 0 Å². The topological polar surface area (TPSA) is 88.4 Å². The van der Waals surface area contributed by atoms with Gasteiger partial charge in [-0.2, -0.15) is 26.3 Å². The number of fused-ring (bicyclic) bond motifs is 1. The van der Waals surface area contributed by atoms with E-state index in [0.717, 1.165) is 24.3 Å². The molecule has 1 atom stereocenters. The number of amides is 1. The van der Waals surface area contributed by atoms with E-state index in [1.54, 1.807) is 0 Å². The highest BCUT2D eigenvalue weighted by atomic mass is 19.4. The van der Waals surface area contributed by atoms with Crippen molar-refractivity contribution in [3.05, 3.63) is 105 Å². The summed E-state index contributed by atoms with van der Waals surface area (Å²) in [7, 11) is 0.684. The van der Waals surface area contributed by atoms with Crippen LogP contribution in [0, 0.1) is 11.6 Å². The predicted octanol–water partition coefficient (Wildman–Crippen LogP) is 5.95. The van der Waals surface area contributed by atoms with Crippen LogP contribution in [0.1, 0.15) is 27.2 Å². The first-order chi connectivity index (χ1) is 19.5. The van der Waals surface area contributed by atoms with E-state index in [0.29, 0.717) is 7.05 Å².